The first-order valence-corrected chi connectivity index (χ1v) is 6.40. The van der Waals surface area contributed by atoms with Crippen molar-refractivity contribution in [1.82, 2.24) is 0 Å². The molecule has 1 aromatic carbocycles. The van der Waals surface area contributed by atoms with Crippen LogP contribution in [-0.2, 0) is 0 Å². The van der Waals surface area contributed by atoms with Crippen LogP contribution < -0.4 is 4.90 Å². The highest BCUT2D eigenvalue weighted by molar-refractivity contribution is 5.66. The fourth-order valence-corrected chi connectivity index (χ4v) is 2.59. The first-order valence-electron chi connectivity index (χ1n) is 6.40. The van der Waals surface area contributed by atoms with Crippen molar-refractivity contribution in [2.24, 2.45) is 5.41 Å². The van der Waals surface area contributed by atoms with E-state index < -0.39 is 0 Å². The van der Waals surface area contributed by atoms with Crippen LogP contribution in [0.3, 0.4) is 0 Å². The van der Waals surface area contributed by atoms with Gasteiger partial charge in [-0.15, -0.1) is 0 Å². The summed E-state index contributed by atoms with van der Waals surface area (Å²) in [6.07, 6.45) is 1.29. The van der Waals surface area contributed by atoms with Crippen LogP contribution in [0.25, 0.3) is 5.57 Å². The molecule has 0 saturated carbocycles. The standard InChI is InChI=1S/C16H23N/c1-12(2)14-6-7-15(13(3)10-14)17-9-8-16(4,5)11-17/h6-7,10H,1,8-9,11H2,2-5H3. The third-order valence-corrected chi connectivity index (χ3v) is 3.71. The lowest BCUT2D eigenvalue weighted by atomic mass is 9.93. The smallest absolute Gasteiger partial charge is 0.0396 e. The Labute approximate surface area is 105 Å². The van der Waals surface area contributed by atoms with E-state index in [0.29, 0.717) is 5.41 Å². The Morgan fingerprint density at radius 2 is 2.06 bits per heavy atom. The van der Waals surface area contributed by atoms with Crippen molar-refractivity contribution in [1.29, 1.82) is 0 Å². The summed E-state index contributed by atoms with van der Waals surface area (Å²) in [5, 5.41) is 0. The maximum atomic E-state index is 4.00. The van der Waals surface area contributed by atoms with E-state index in [-0.39, 0.29) is 0 Å². The van der Waals surface area contributed by atoms with Gasteiger partial charge in [0.15, 0.2) is 0 Å². The molecule has 0 unspecified atom stereocenters. The molecule has 1 fully saturated rings. The second-order valence-corrected chi connectivity index (χ2v) is 6.12. The van der Waals surface area contributed by atoms with E-state index in [0.717, 1.165) is 5.57 Å². The molecule has 1 saturated heterocycles. The molecule has 2 rings (SSSR count). The summed E-state index contributed by atoms with van der Waals surface area (Å²) in [6, 6.07) is 6.69. The molecule has 1 aromatic rings. The van der Waals surface area contributed by atoms with Crippen LogP contribution in [0.15, 0.2) is 24.8 Å². The molecule has 1 nitrogen and oxygen atoms in total. The lowest BCUT2D eigenvalue weighted by Crippen LogP contribution is -2.23. The summed E-state index contributed by atoms with van der Waals surface area (Å²) in [5.41, 5.74) is 5.61. The Morgan fingerprint density at radius 1 is 1.35 bits per heavy atom. The highest BCUT2D eigenvalue weighted by Gasteiger charge is 2.29. The molecule has 0 amide bonds. The van der Waals surface area contributed by atoms with Crippen LogP contribution in [-0.4, -0.2) is 13.1 Å². The van der Waals surface area contributed by atoms with Crippen LogP contribution in [0.2, 0.25) is 0 Å². The summed E-state index contributed by atoms with van der Waals surface area (Å²) in [6.45, 7) is 15.3. The van der Waals surface area contributed by atoms with E-state index >= 15 is 0 Å². The number of anilines is 1. The molecule has 1 heterocycles. The monoisotopic (exact) mass is 229 g/mol. The van der Waals surface area contributed by atoms with E-state index in [9.17, 15) is 0 Å². The summed E-state index contributed by atoms with van der Waals surface area (Å²) in [7, 11) is 0. The van der Waals surface area contributed by atoms with Crippen LogP contribution in [0.5, 0.6) is 0 Å². The number of allylic oxidation sites excluding steroid dienone is 1. The van der Waals surface area contributed by atoms with Gasteiger partial charge in [0.25, 0.3) is 0 Å². The van der Waals surface area contributed by atoms with Gasteiger partial charge in [0.05, 0.1) is 0 Å². The highest BCUT2D eigenvalue weighted by atomic mass is 15.2. The van der Waals surface area contributed by atoms with Gasteiger partial charge in [-0.25, -0.2) is 0 Å². The second kappa shape index (κ2) is 4.21. The van der Waals surface area contributed by atoms with Gasteiger partial charge in [-0.3, -0.25) is 0 Å². The van der Waals surface area contributed by atoms with E-state index in [1.54, 1.807) is 0 Å². The number of nitrogens with zero attached hydrogens (tertiary/aromatic N) is 1. The van der Waals surface area contributed by atoms with E-state index in [1.165, 1.54) is 36.3 Å². The Morgan fingerprint density at radius 3 is 2.53 bits per heavy atom. The summed E-state index contributed by atoms with van der Waals surface area (Å²) in [5.74, 6) is 0. The number of benzene rings is 1. The summed E-state index contributed by atoms with van der Waals surface area (Å²) in [4.78, 5) is 2.51. The van der Waals surface area contributed by atoms with Crippen molar-refractivity contribution in [3.05, 3.63) is 35.9 Å². The molecule has 92 valence electrons. The topological polar surface area (TPSA) is 3.24 Å². The molecular formula is C16H23N. The van der Waals surface area contributed by atoms with E-state index in [1.807, 2.05) is 0 Å². The average molecular weight is 229 g/mol. The molecule has 0 bridgehead atoms. The molecular weight excluding hydrogens is 206 g/mol. The van der Waals surface area contributed by atoms with Crippen molar-refractivity contribution < 1.29 is 0 Å². The third kappa shape index (κ3) is 2.54. The fourth-order valence-electron chi connectivity index (χ4n) is 2.59. The Balaban J connectivity index is 2.26. The number of hydrogen-bond donors (Lipinski definition) is 0. The first kappa shape index (κ1) is 12.2. The molecule has 1 heteroatoms. The number of hydrogen-bond acceptors (Lipinski definition) is 1. The molecule has 1 aliphatic heterocycles. The normalized spacial score (nSPS) is 18.5. The van der Waals surface area contributed by atoms with Gasteiger partial charge < -0.3 is 4.90 Å². The minimum absolute atomic E-state index is 0.458. The maximum absolute atomic E-state index is 4.00. The van der Waals surface area contributed by atoms with E-state index in [4.69, 9.17) is 0 Å². The van der Waals surface area contributed by atoms with Crippen LogP contribution >= 0.6 is 0 Å². The molecule has 0 aromatic heterocycles. The molecule has 0 aliphatic carbocycles. The van der Waals surface area contributed by atoms with Gasteiger partial charge in [-0.05, 0) is 48.9 Å². The van der Waals surface area contributed by atoms with Crippen LogP contribution in [0, 0.1) is 12.3 Å². The van der Waals surface area contributed by atoms with Crippen molar-refractivity contribution in [3.63, 3.8) is 0 Å². The van der Waals surface area contributed by atoms with Crippen molar-refractivity contribution >= 4 is 11.3 Å². The predicted molar refractivity (Wildman–Crippen MR) is 76.5 cm³/mol. The molecule has 1 aliphatic rings. The minimum Gasteiger partial charge on any atom is -0.371 e. The zero-order valence-corrected chi connectivity index (χ0v) is 11.5. The van der Waals surface area contributed by atoms with Gasteiger partial charge in [0, 0.05) is 18.8 Å². The SMILES string of the molecule is C=C(C)c1ccc(N2CCC(C)(C)C2)c(C)c1. The van der Waals surface area contributed by atoms with Gasteiger partial charge in [0.2, 0.25) is 0 Å². The molecule has 0 radical (unpaired) electrons. The van der Waals surface area contributed by atoms with Crippen LogP contribution in [0.1, 0.15) is 38.3 Å². The summed E-state index contributed by atoms with van der Waals surface area (Å²) < 4.78 is 0. The Kier molecular flexibility index (Phi) is 3.03. The quantitative estimate of drug-likeness (QED) is 0.732. The van der Waals surface area contributed by atoms with Gasteiger partial charge >= 0.3 is 0 Å². The molecule has 0 N–H and O–H groups in total. The Hall–Kier alpha value is -1.24. The highest BCUT2D eigenvalue weighted by Crippen LogP contribution is 2.34. The van der Waals surface area contributed by atoms with Crippen molar-refractivity contribution in [3.8, 4) is 0 Å². The van der Waals surface area contributed by atoms with Gasteiger partial charge in [-0.1, -0.05) is 32.1 Å². The Bertz CT molecular complexity index is 443. The van der Waals surface area contributed by atoms with Crippen LogP contribution in [0.4, 0.5) is 5.69 Å². The largest absolute Gasteiger partial charge is 0.371 e. The lowest BCUT2D eigenvalue weighted by molar-refractivity contribution is 0.418. The van der Waals surface area contributed by atoms with E-state index in [2.05, 4.69) is 57.4 Å². The molecule has 0 spiro atoms. The zero-order valence-electron chi connectivity index (χ0n) is 11.5. The lowest BCUT2D eigenvalue weighted by Gasteiger charge is -2.23. The third-order valence-electron chi connectivity index (χ3n) is 3.71. The number of aryl methyl sites for hydroxylation is 1. The average Bonchev–Trinajstić information content (AvgIpc) is 2.58. The van der Waals surface area contributed by atoms with Crippen molar-refractivity contribution in [2.75, 3.05) is 18.0 Å². The predicted octanol–water partition coefficient (Wildman–Crippen LogP) is 4.26. The molecule has 17 heavy (non-hydrogen) atoms. The van der Waals surface area contributed by atoms with Gasteiger partial charge in [0.1, 0.15) is 0 Å². The minimum atomic E-state index is 0.458. The maximum Gasteiger partial charge on any atom is 0.0396 e. The molecule has 0 atom stereocenters. The number of rotatable bonds is 2. The second-order valence-electron chi connectivity index (χ2n) is 6.12. The van der Waals surface area contributed by atoms with Crippen molar-refractivity contribution in [2.45, 2.75) is 34.1 Å². The zero-order chi connectivity index (χ0) is 12.6. The fraction of sp³-hybridized carbons (Fsp3) is 0.500. The first-order chi connectivity index (χ1) is 7.89. The van der Waals surface area contributed by atoms with Gasteiger partial charge in [-0.2, -0.15) is 0 Å². The summed E-state index contributed by atoms with van der Waals surface area (Å²) >= 11 is 0.